The predicted molar refractivity (Wildman–Crippen MR) is 332 cm³/mol. The van der Waals surface area contributed by atoms with Crippen molar-refractivity contribution in [3.05, 3.63) is 24.3 Å². The number of rotatable bonds is 57. The van der Waals surface area contributed by atoms with Gasteiger partial charge in [-0.3, -0.25) is 4.79 Å². The van der Waals surface area contributed by atoms with E-state index in [0.29, 0.717) is 12.8 Å². The summed E-state index contributed by atoms with van der Waals surface area (Å²) in [5.74, 6) is -0.201. The summed E-state index contributed by atoms with van der Waals surface area (Å²) in [6, 6.07) is -0.825. The van der Waals surface area contributed by atoms with Gasteiger partial charge in [0.2, 0.25) is 5.91 Å². The zero-order chi connectivity index (χ0) is 59.5. The van der Waals surface area contributed by atoms with E-state index in [1.165, 1.54) is 225 Å². The summed E-state index contributed by atoms with van der Waals surface area (Å²) in [7, 11) is 0. The van der Waals surface area contributed by atoms with Gasteiger partial charge in [-0.25, -0.2) is 0 Å². The van der Waals surface area contributed by atoms with Gasteiger partial charge in [0.15, 0.2) is 12.6 Å². The molecule has 82 heavy (non-hydrogen) atoms. The van der Waals surface area contributed by atoms with E-state index in [4.69, 9.17) is 18.9 Å². The summed E-state index contributed by atoms with van der Waals surface area (Å²) in [4.78, 5) is 13.3. The fraction of sp³-hybridized carbons (Fsp3) is 0.926. The van der Waals surface area contributed by atoms with Crippen LogP contribution in [0.15, 0.2) is 24.3 Å². The van der Waals surface area contributed by atoms with E-state index >= 15 is 0 Å². The molecule has 0 saturated carbocycles. The van der Waals surface area contributed by atoms with Crippen molar-refractivity contribution in [1.29, 1.82) is 0 Å². The van der Waals surface area contributed by atoms with E-state index in [1.54, 1.807) is 0 Å². The number of aliphatic hydroxyl groups is 8. The molecule has 12 atom stereocenters. The van der Waals surface area contributed by atoms with Gasteiger partial charge in [0.25, 0.3) is 0 Å². The van der Waals surface area contributed by atoms with Gasteiger partial charge >= 0.3 is 0 Å². The molecule has 14 nitrogen and oxygen atoms in total. The van der Waals surface area contributed by atoms with Crippen LogP contribution in [-0.4, -0.2) is 140 Å². The summed E-state index contributed by atoms with van der Waals surface area (Å²) < 4.78 is 22.9. The number of carbonyl (C=O) groups is 1. The van der Waals surface area contributed by atoms with Crippen molar-refractivity contribution in [2.75, 3.05) is 19.8 Å². The fourth-order valence-corrected chi connectivity index (χ4v) is 11.6. The molecule has 9 N–H and O–H groups in total. The molecular formula is C68H129NO13. The zero-order valence-corrected chi connectivity index (χ0v) is 52.5. The standard InChI is InChI=1S/C68H129NO13/c1-3-5-7-9-11-13-15-17-18-19-20-21-22-23-24-25-26-27-28-29-30-31-32-33-34-35-36-37-38-40-42-44-46-48-50-52-60(73)69-56(57(72)51-49-47-45-43-41-39-16-14-12-10-8-6-4-2)55-79-67-65(78)63(76)66(59(54-71)81-67)82-68-64(77)62(75)61(74)58(53-70)80-68/h15,17,19-20,56-59,61-68,70-72,74-78H,3-14,16,18,21-55H2,1-2H3,(H,69,73)/b17-15-,20-19-. The molecule has 0 radical (unpaired) electrons. The third kappa shape index (κ3) is 37.9. The summed E-state index contributed by atoms with van der Waals surface area (Å²) in [6.07, 6.45) is 49.3. The van der Waals surface area contributed by atoms with Gasteiger partial charge in [0.05, 0.1) is 32.0 Å². The monoisotopic (exact) mass is 1170 g/mol. The smallest absolute Gasteiger partial charge is 0.220 e. The number of nitrogens with one attached hydrogen (secondary N) is 1. The number of hydrogen-bond acceptors (Lipinski definition) is 13. The summed E-state index contributed by atoms with van der Waals surface area (Å²) in [5.41, 5.74) is 0. The molecule has 0 aromatic heterocycles. The Bertz CT molecular complexity index is 1470. The van der Waals surface area contributed by atoms with Crippen LogP contribution >= 0.6 is 0 Å². The van der Waals surface area contributed by atoms with Gasteiger partial charge in [-0.2, -0.15) is 0 Å². The number of unbranched alkanes of at least 4 members (excludes halogenated alkanes) is 40. The summed E-state index contributed by atoms with van der Waals surface area (Å²) in [6.45, 7) is 2.88. The van der Waals surface area contributed by atoms with Crippen LogP contribution in [0.25, 0.3) is 0 Å². The molecule has 2 rings (SSSR count). The first-order chi connectivity index (χ1) is 40.1. The van der Waals surface area contributed by atoms with Crippen molar-refractivity contribution in [2.24, 2.45) is 0 Å². The van der Waals surface area contributed by atoms with Crippen LogP contribution in [0.5, 0.6) is 0 Å². The fourth-order valence-electron chi connectivity index (χ4n) is 11.6. The lowest BCUT2D eigenvalue weighted by Gasteiger charge is -2.46. The van der Waals surface area contributed by atoms with Crippen LogP contribution in [0.3, 0.4) is 0 Å². The van der Waals surface area contributed by atoms with Crippen molar-refractivity contribution in [2.45, 2.75) is 383 Å². The molecule has 0 aliphatic carbocycles. The van der Waals surface area contributed by atoms with E-state index in [0.717, 1.165) is 57.8 Å². The third-order valence-electron chi connectivity index (χ3n) is 17.2. The van der Waals surface area contributed by atoms with E-state index in [-0.39, 0.29) is 12.5 Å². The number of amides is 1. The van der Waals surface area contributed by atoms with Crippen LogP contribution in [0.4, 0.5) is 0 Å². The normalized spacial score (nSPS) is 24.0. The maximum absolute atomic E-state index is 13.3. The first-order valence-electron chi connectivity index (χ1n) is 34.6. The summed E-state index contributed by atoms with van der Waals surface area (Å²) in [5, 5.41) is 87.4. The molecule has 0 bridgehead atoms. The van der Waals surface area contributed by atoms with E-state index in [2.05, 4.69) is 43.5 Å². The minimum absolute atomic E-state index is 0.201. The molecule has 2 fully saturated rings. The first-order valence-corrected chi connectivity index (χ1v) is 34.6. The Morgan fingerprint density at radius 2 is 0.805 bits per heavy atom. The second-order valence-corrected chi connectivity index (χ2v) is 24.7. The molecule has 1 amide bonds. The topological polar surface area (TPSA) is 228 Å². The highest BCUT2D eigenvalue weighted by Crippen LogP contribution is 2.30. The van der Waals surface area contributed by atoms with E-state index in [9.17, 15) is 45.6 Å². The molecule has 2 aliphatic rings. The highest BCUT2D eigenvalue weighted by Gasteiger charge is 2.51. The average molecular weight is 1170 g/mol. The van der Waals surface area contributed by atoms with E-state index < -0.39 is 86.8 Å². The predicted octanol–water partition coefficient (Wildman–Crippen LogP) is 13.6. The second-order valence-electron chi connectivity index (χ2n) is 24.7. The van der Waals surface area contributed by atoms with Crippen molar-refractivity contribution in [3.8, 4) is 0 Å². The lowest BCUT2D eigenvalue weighted by Crippen LogP contribution is -2.65. The maximum atomic E-state index is 13.3. The van der Waals surface area contributed by atoms with Crippen LogP contribution in [0.1, 0.15) is 309 Å². The molecule has 12 unspecified atom stereocenters. The number of ether oxygens (including phenoxy) is 4. The van der Waals surface area contributed by atoms with E-state index in [1.807, 2.05) is 0 Å². The highest BCUT2D eigenvalue weighted by molar-refractivity contribution is 5.76. The van der Waals surface area contributed by atoms with Gasteiger partial charge in [-0.15, -0.1) is 0 Å². The molecule has 14 heteroatoms. The number of aliphatic hydroxyl groups excluding tert-OH is 8. The first kappa shape index (κ1) is 76.6. The van der Waals surface area contributed by atoms with Crippen molar-refractivity contribution in [1.82, 2.24) is 5.32 Å². The van der Waals surface area contributed by atoms with Gasteiger partial charge in [0.1, 0.15) is 48.8 Å². The van der Waals surface area contributed by atoms with Gasteiger partial charge < -0.3 is 65.1 Å². The molecule has 2 heterocycles. The summed E-state index contributed by atoms with van der Waals surface area (Å²) >= 11 is 0. The Hall–Kier alpha value is -1.53. The largest absolute Gasteiger partial charge is 0.394 e. The maximum Gasteiger partial charge on any atom is 0.220 e. The van der Waals surface area contributed by atoms with Crippen LogP contribution in [0.2, 0.25) is 0 Å². The lowest BCUT2D eigenvalue weighted by molar-refractivity contribution is -0.359. The minimum Gasteiger partial charge on any atom is -0.394 e. The minimum atomic E-state index is -1.78. The molecule has 0 aromatic rings. The third-order valence-corrected chi connectivity index (χ3v) is 17.2. The molecule has 0 aromatic carbocycles. The Kier molecular flexibility index (Phi) is 50.1. The van der Waals surface area contributed by atoms with Crippen molar-refractivity contribution < 1.29 is 64.6 Å². The molecule has 2 aliphatic heterocycles. The molecule has 0 spiro atoms. The number of carbonyl (C=O) groups excluding carboxylic acids is 1. The van der Waals surface area contributed by atoms with Gasteiger partial charge in [-0.05, 0) is 44.9 Å². The quantitative estimate of drug-likeness (QED) is 0.0204. The SMILES string of the molecule is CCCCCCC/C=C\C/C=C\CCCCCCCCCCCCCCCCCCCCCCCCCC(=O)NC(COC1OC(CO)C(OC2OC(CO)C(O)C(O)C2O)C(O)C1O)C(O)CCCCCCCCCCCCCCC. The van der Waals surface area contributed by atoms with Gasteiger partial charge in [0, 0.05) is 6.42 Å². The van der Waals surface area contributed by atoms with Crippen LogP contribution in [0, 0.1) is 0 Å². The van der Waals surface area contributed by atoms with Gasteiger partial charge in [-0.1, -0.05) is 282 Å². The Labute approximate surface area is 500 Å². The highest BCUT2D eigenvalue weighted by atomic mass is 16.7. The number of allylic oxidation sites excluding steroid dienone is 4. The Balaban J connectivity index is 1.57. The molecule has 484 valence electrons. The molecular weight excluding hydrogens is 1040 g/mol. The van der Waals surface area contributed by atoms with Crippen molar-refractivity contribution in [3.63, 3.8) is 0 Å². The van der Waals surface area contributed by atoms with Crippen molar-refractivity contribution >= 4 is 5.91 Å². The van der Waals surface area contributed by atoms with Crippen LogP contribution in [-0.2, 0) is 23.7 Å². The zero-order valence-electron chi connectivity index (χ0n) is 52.5. The number of hydrogen-bond donors (Lipinski definition) is 9. The average Bonchev–Trinajstić information content (AvgIpc) is 3.56. The van der Waals surface area contributed by atoms with Crippen LogP contribution < -0.4 is 5.32 Å². The lowest BCUT2D eigenvalue weighted by atomic mass is 9.97. The second kappa shape index (κ2) is 53.7. The Morgan fingerprint density at radius 1 is 0.439 bits per heavy atom. The molecule has 2 saturated heterocycles. The Morgan fingerprint density at radius 3 is 1.22 bits per heavy atom.